The second-order valence-electron chi connectivity index (χ2n) is 4.59. The predicted molar refractivity (Wildman–Crippen MR) is 81.9 cm³/mol. The van der Waals surface area contributed by atoms with Crippen molar-refractivity contribution in [3.05, 3.63) is 58.1 Å². The minimum Gasteiger partial charge on any atom is -0.497 e. The van der Waals surface area contributed by atoms with Gasteiger partial charge < -0.3 is 10.1 Å². The van der Waals surface area contributed by atoms with Crippen LogP contribution in [0.1, 0.15) is 21.5 Å². The third kappa shape index (κ3) is 3.11. The Hall–Kier alpha value is -2.00. The van der Waals surface area contributed by atoms with Gasteiger partial charge in [0, 0.05) is 16.3 Å². The summed E-state index contributed by atoms with van der Waals surface area (Å²) in [5.74, 6) is 0.621. The number of ether oxygens (including phenoxy) is 1. The minimum atomic E-state index is -0.146. The van der Waals surface area contributed by atoms with Crippen molar-refractivity contribution in [1.82, 2.24) is 0 Å². The van der Waals surface area contributed by atoms with E-state index in [1.165, 1.54) is 0 Å². The number of carbonyl (C=O) groups excluding carboxylic acids is 1. The molecule has 0 radical (unpaired) electrons. The van der Waals surface area contributed by atoms with Crippen molar-refractivity contribution >= 4 is 23.2 Å². The maximum atomic E-state index is 12.3. The van der Waals surface area contributed by atoms with Crippen molar-refractivity contribution in [3.63, 3.8) is 0 Å². The fourth-order valence-electron chi connectivity index (χ4n) is 1.97. The molecule has 0 atom stereocenters. The number of carbonyl (C=O) groups is 1. The summed E-state index contributed by atoms with van der Waals surface area (Å²) < 4.78 is 5.14. The quantitative estimate of drug-likeness (QED) is 0.919. The number of halogens is 1. The SMILES string of the molecule is COc1ccc(NC(=O)c2ccc(Cl)cc2C)c(C)c1. The highest BCUT2D eigenvalue weighted by Crippen LogP contribution is 2.22. The molecule has 4 heteroatoms. The zero-order valence-corrected chi connectivity index (χ0v) is 12.4. The van der Waals surface area contributed by atoms with Crippen LogP contribution in [0, 0.1) is 13.8 Å². The molecule has 0 aliphatic heterocycles. The Bertz CT molecular complexity index is 653. The second-order valence-corrected chi connectivity index (χ2v) is 5.03. The molecular weight excluding hydrogens is 274 g/mol. The van der Waals surface area contributed by atoms with E-state index in [1.54, 1.807) is 25.3 Å². The summed E-state index contributed by atoms with van der Waals surface area (Å²) in [6.07, 6.45) is 0. The first-order valence-electron chi connectivity index (χ1n) is 6.23. The lowest BCUT2D eigenvalue weighted by molar-refractivity contribution is 0.102. The smallest absolute Gasteiger partial charge is 0.255 e. The molecule has 0 aromatic heterocycles. The summed E-state index contributed by atoms with van der Waals surface area (Å²) in [7, 11) is 1.62. The van der Waals surface area contributed by atoms with E-state index in [2.05, 4.69) is 5.32 Å². The van der Waals surface area contributed by atoms with Crippen LogP contribution >= 0.6 is 11.6 Å². The third-order valence-electron chi connectivity index (χ3n) is 3.11. The Kier molecular flexibility index (Phi) is 4.30. The molecule has 0 spiro atoms. The number of benzene rings is 2. The Morgan fingerprint density at radius 3 is 2.45 bits per heavy atom. The van der Waals surface area contributed by atoms with Crippen LogP contribution in [0.3, 0.4) is 0 Å². The van der Waals surface area contributed by atoms with Gasteiger partial charge in [-0.1, -0.05) is 11.6 Å². The van der Waals surface area contributed by atoms with Gasteiger partial charge in [-0.05, 0) is 61.4 Å². The largest absolute Gasteiger partial charge is 0.497 e. The van der Waals surface area contributed by atoms with Gasteiger partial charge in [0.2, 0.25) is 0 Å². The van der Waals surface area contributed by atoms with E-state index in [0.717, 1.165) is 22.6 Å². The van der Waals surface area contributed by atoms with E-state index in [1.807, 2.05) is 32.0 Å². The van der Waals surface area contributed by atoms with E-state index < -0.39 is 0 Å². The first-order chi connectivity index (χ1) is 9.51. The molecule has 0 aliphatic rings. The topological polar surface area (TPSA) is 38.3 Å². The Labute approximate surface area is 123 Å². The van der Waals surface area contributed by atoms with E-state index in [0.29, 0.717) is 10.6 Å². The molecule has 0 heterocycles. The van der Waals surface area contributed by atoms with Crippen LogP contribution in [0.4, 0.5) is 5.69 Å². The maximum Gasteiger partial charge on any atom is 0.255 e. The van der Waals surface area contributed by atoms with Gasteiger partial charge in [0.15, 0.2) is 0 Å². The van der Waals surface area contributed by atoms with Gasteiger partial charge in [0.05, 0.1) is 7.11 Å². The molecule has 2 aromatic carbocycles. The van der Waals surface area contributed by atoms with E-state index in [9.17, 15) is 4.79 Å². The van der Waals surface area contributed by atoms with Gasteiger partial charge in [-0.3, -0.25) is 4.79 Å². The molecule has 2 aromatic rings. The first kappa shape index (κ1) is 14.4. The standard InChI is InChI=1S/C16H16ClNO2/c1-10-8-12(17)4-6-14(10)16(19)18-15-7-5-13(20-3)9-11(15)2/h4-9H,1-3H3,(H,18,19). The number of aryl methyl sites for hydroxylation is 2. The van der Waals surface area contributed by atoms with Gasteiger partial charge in [-0.2, -0.15) is 0 Å². The number of nitrogens with one attached hydrogen (secondary N) is 1. The highest BCUT2D eigenvalue weighted by Gasteiger charge is 2.11. The molecule has 0 bridgehead atoms. The first-order valence-corrected chi connectivity index (χ1v) is 6.61. The fourth-order valence-corrected chi connectivity index (χ4v) is 2.20. The summed E-state index contributed by atoms with van der Waals surface area (Å²) in [5.41, 5.74) is 3.18. The number of hydrogen-bond donors (Lipinski definition) is 1. The number of hydrogen-bond acceptors (Lipinski definition) is 2. The zero-order valence-electron chi connectivity index (χ0n) is 11.7. The van der Waals surface area contributed by atoms with Crippen LogP contribution in [0.2, 0.25) is 5.02 Å². The van der Waals surface area contributed by atoms with Crippen LogP contribution < -0.4 is 10.1 Å². The van der Waals surface area contributed by atoms with Gasteiger partial charge in [-0.15, -0.1) is 0 Å². The maximum absolute atomic E-state index is 12.3. The summed E-state index contributed by atoms with van der Waals surface area (Å²) >= 11 is 5.89. The van der Waals surface area contributed by atoms with Crippen LogP contribution in [-0.2, 0) is 0 Å². The van der Waals surface area contributed by atoms with Crippen molar-refractivity contribution < 1.29 is 9.53 Å². The van der Waals surface area contributed by atoms with E-state index in [4.69, 9.17) is 16.3 Å². The second kappa shape index (κ2) is 5.97. The van der Waals surface area contributed by atoms with Gasteiger partial charge in [0.25, 0.3) is 5.91 Å². The molecule has 0 unspecified atom stereocenters. The Morgan fingerprint density at radius 1 is 1.10 bits per heavy atom. The average Bonchev–Trinajstić information content (AvgIpc) is 2.40. The number of methoxy groups -OCH3 is 1. The number of rotatable bonds is 3. The van der Waals surface area contributed by atoms with Crippen molar-refractivity contribution in [1.29, 1.82) is 0 Å². The molecule has 0 saturated carbocycles. The normalized spacial score (nSPS) is 10.2. The summed E-state index contributed by atoms with van der Waals surface area (Å²) in [6.45, 7) is 3.79. The molecule has 104 valence electrons. The van der Waals surface area contributed by atoms with Crippen LogP contribution in [0.15, 0.2) is 36.4 Å². The minimum absolute atomic E-state index is 0.146. The monoisotopic (exact) mass is 289 g/mol. The fraction of sp³-hybridized carbons (Fsp3) is 0.188. The van der Waals surface area contributed by atoms with Gasteiger partial charge in [-0.25, -0.2) is 0 Å². The molecule has 0 saturated heterocycles. The molecule has 0 aliphatic carbocycles. The highest BCUT2D eigenvalue weighted by atomic mass is 35.5. The number of amides is 1. The Morgan fingerprint density at radius 2 is 1.85 bits per heavy atom. The van der Waals surface area contributed by atoms with Crippen molar-refractivity contribution in [3.8, 4) is 5.75 Å². The van der Waals surface area contributed by atoms with Crippen LogP contribution in [-0.4, -0.2) is 13.0 Å². The van der Waals surface area contributed by atoms with Gasteiger partial charge in [0.1, 0.15) is 5.75 Å². The third-order valence-corrected chi connectivity index (χ3v) is 3.35. The lowest BCUT2D eigenvalue weighted by Gasteiger charge is -2.11. The molecule has 0 fully saturated rings. The summed E-state index contributed by atoms with van der Waals surface area (Å²) in [6, 6.07) is 10.7. The van der Waals surface area contributed by atoms with E-state index >= 15 is 0 Å². The van der Waals surface area contributed by atoms with Gasteiger partial charge >= 0.3 is 0 Å². The zero-order chi connectivity index (χ0) is 14.7. The molecule has 1 amide bonds. The molecule has 2 rings (SSSR count). The van der Waals surface area contributed by atoms with Crippen LogP contribution in [0.5, 0.6) is 5.75 Å². The molecule has 3 nitrogen and oxygen atoms in total. The predicted octanol–water partition coefficient (Wildman–Crippen LogP) is 4.22. The molecule has 20 heavy (non-hydrogen) atoms. The molecular formula is C16H16ClNO2. The molecule has 1 N–H and O–H groups in total. The van der Waals surface area contributed by atoms with Crippen LogP contribution in [0.25, 0.3) is 0 Å². The van der Waals surface area contributed by atoms with Crippen molar-refractivity contribution in [2.75, 3.05) is 12.4 Å². The Balaban J connectivity index is 2.23. The summed E-state index contributed by atoms with van der Waals surface area (Å²) in [4.78, 5) is 12.3. The van der Waals surface area contributed by atoms with E-state index in [-0.39, 0.29) is 5.91 Å². The van der Waals surface area contributed by atoms with Crippen molar-refractivity contribution in [2.24, 2.45) is 0 Å². The highest BCUT2D eigenvalue weighted by molar-refractivity contribution is 6.30. The lowest BCUT2D eigenvalue weighted by Crippen LogP contribution is -2.14. The lowest BCUT2D eigenvalue weighted by atomic mass is 10.1. The van der Waals surface area contributed by atoms with Crippen molar-refractivity contribution in [2.45, 2.75) is 13.8 Å². The average molecular weight is 290 g/mol. The summed E-state index contributed by atoms with van der Waals surface area (Å²) in [5, 5.41) is 3.53. The number of anilines is 1.